The maximum atomic E-state index is 12.1. The fourth-order valence-corrected chi connectivity index (χ4v) is 2.05. The number of nitrogens with zero attached hydrogens (tertiary/aromatic N) is 4. The van der Waals surface area contributed by atoms with Gasteiger partial charge in [-0.05, 0) is 17.5 Å². The monoisotopic (exact) mass is 248 g/mol. The summed E-state index contributed by atoms with van der Waals surface area (Å²) in [5.74, 6) is 2.20. The van der Waals surface area contributed by atoms with Crippen LogP contribution < -0.4 is 0 Å². The smallest absolute Gasteiger partial charge is 0.269 e. The number of aromatic nitrogens is 2. The zero-order chi connectivity index (χ0) is 12.8. The number of nitriles is 1. The van der Waals surface area contributed by atoms with Crippen LogP contribution >= 0.6 is 11.5 Å². The molecule has 0 radical (unpaired) electrons. The molecule has 0 saturated heterocycles. The van der Waals surface area contributed by atoms with Gasteiger partial charge in [-0.2, -0.15) is 5.26 Å². The molecule has 17 heavy (non-hydrogen) atoms. The van der Waals surface area contributed by atoms with Crippen molar-refractivity contribution in [2.75, 3.05) is 13.1 Å². The molecule has 1 amide bonds. The van der Waals surface area contributed by atoms with Crippen LogP contribution in [0, 0.1) is 23.7 Å². The first kappa shape index (κ1) is 13.1. The molecule has 1 aromatic heterocycles. The third-order valence-electron chi connectivity index (χ3n) is 2.09. The van der Waals surface area contributed by atoms with Crippen molar-refractivity contribution in [2.24, 2.45) is 0 Å². The third-order valence-corrected chi connectivity index (χ3v) is 2.81. The Balaban J connectivity index is 2.98. The van der Waals surface area contributed by atoms with Gasteiger partial charge in [0, 0.05) is 0 Å². The van der Waals surface area contributed by atoms with Crippen LogP contribution in [0.5, 0.6) is 0 Å². The molecule has 88 valence electrons. The summed E-state index contributed by atoms with van der Waals surface area (Å²) >= 11 is 1.04. The molecule has 0 bridgehead atoms. The Morgan fingerprint density at radius 3 is 2.82 bits per heavy atom. The first-order valence-corrected chi connectivity index (χ1v) is 5.81. The summed E-state index contributed by atoms with van der Waals surface area (Å²) in [7, 11) is 0. The molecule has 0 atom stereocenters. The average Bonchev–Trinajstić information content (AvgIpc) is 2.76. The molecule has 5 nitrogen and oxygen atoms in total. The Hall–Kier alpha value is -1.92. The van der Waals surface area contributed by atoms with Crippen LogP contribution in [0.4, 0.5) is 0 Å². The summed E-state index contributed by atoms with van der Waals surface area (Å²) in [4.78, 5) is 13.9. The van der Waals surface area contributed by atoms with Gasteiger partial charge in [-0.3, -0.25) is 4.79 Å². The average molecular weight is 248 g/mol. The van der Waals surface area contributed by atoms with Crippen molar-refractivity contribution >= 4 is 17.4 Å². The Kier molecular flexibility index (Phi) is 4.62. The van der Waals surface area contributed by atoms with E-state index in [4.69, 9.17) is 11.7 Å². The number of carbonyl (C=O) groups excluding carboxylic acids is 1. The van der Waals surface area contributed by atoms with E-state index in [1.54, 1.807) is 0 Å². The summed E-state index contributed by atoms with van der Waals surface area (Å²) < 4.78 is 3.78. The van der Waals surface area contributed by atoms with Crippen LogP contribution in [-0.4, -0.2) is 33.5 Å². The highest BCUT2D eigenvalue weighted by Gasteiger charge is 2.23. The second-order valence-corrected chi connectivity index (χ2v) is 4.42. The van der Waals surface area contributed by atoms with Gasteiger partial charge >= 0.3 is 0 Å². The summed E-state index contributed by atoms with van der Waals surface area (Å²) in [5.41, 5.74) is 0.653. The van der Waals surface area contributed by atoms with Crippen molar-refractivity contribution in [2.45, 2.75) is 19.8 Å². The minimum atomic E-state index is -0.275. The second kappa shape index (κ2) is 5.97. The molecule has 0 aliphatic rings. The van der Waals surface area contributed by atoms with Crippen LogP contribution in [0.3, 0.4) is 0 Å². The summed E-state index contributed by atoms with van der Waals surface area (Å²) in [5, 5.41) is 12.6. The van der Waals surface area contributed by atoms with E-state index >= 15 is 0 Å². The molecule has 6 heteroatoms. The van der Waals surface area contributed by atoms with Gasteiger partial charge in [-0.25, -0.2) is 0 Å². The minimum Gasteiger partial charge on any atom is -0.313 e. The predicted molar refractivity (Wildman–Crippen MR) is 64.3 cm³/mol. The van der Waals surface area contributed by atoms with E-state index in [9.17, 15) is 4.79 Å². The Bertz CT molecular complexity index is 464. The van der Waals surface area contributed by atoms with Crippen LogP contribution in [0.2, 0.25) is 0 Å². The lowest BCUT2D eigenvalue weighted by molar-refractivity contribution is 0.0798. The van der Waals surface area contributed by atoms with E-state index in [1.165, 1.54) is 4.90 Å². The maximum Gasteiger partial charge on any atom is 0.269 e. The molecule has 0 aliphatic heterocycles. The third kappa shape index (κ3) is 3.02. The molecule has 0 spiro atoms. The van der Waals surface area contributed by atoms with Crippen molar-refractivity contribution in [3.05, 3.63) is 10.6 Å². The van der Waals surface area contributed by atoms with Gasteiger partial charge in [-0.15, -0.1) is 11.5 Å². The first-order chi connectivity index (χ1) is 8.11. The van der Waals surface area contributed by atoms with Crippen molar-refractivity contribution in [1.29, 1.82) is 5.26 Å². The fourth-order valence-electron chi connectivity index (χ4n) is 1.26. The number of amides is 1. The lowest BCUT2D eigenvalue weighted by Crippen LogP contribution is -2.31. The van der Waals surface area contributed by atoms with Gasteiger partial charge in [0.2, 0.25) is 0 Å². The molecular weight excluding hydrogens is 236 g/mol. The Labute approximate surface area is 104 Å². The zero-order valence-electron chi connectivity index (χ0n) is 9.67. The molecule has 0 aromatic carbocycles. The SMILES string of the molecule is C#CCN(CC#N)C(=O)c1snnc1C(C)C. The number of hydrogen-bond acceptors (Lipinski definition) is 5. The van der Waals surface area contributed by atoms with E-state index in [2.05, 4.69) is 15.5 Å². The van der Waals surface area contributed by atoms with Crippen LogP contribution in [0.15, 0.2) is 0 Å². The first-order valence-electron chi connectivity index (χ1n) is 5.03. The molecule has 0 N–H and O–H groups in total. The van der Waals surface area contributed by atoms with Crippen molar-refractivity contribution < 1.29 is 4.79 Å². The highest BCUT2D eigenvalue weighted by Crippen LogP contribution is 2.21. The van der Waals surface area contributed by atoms with E-state index in [0.29, 0.717) is 10.6 Å². The quantitative estimate of drug-likeness (QED) is 0.594. The molecule has 1 rings (SSSR count). The van der Waals surface area contributed by atoms with E-state index < -0.39 is 0 Å². The molecular formula is C11H12N4OS. The largest absolute Gasteiger partial charge is 0.313 e. The standard InChI is InChI=1S/C11H12N4OS/c1-4-6-15(7-5-12)11(16)10-9(8(2)3)13-14-17-10/h1,8H,6-7H2,2-3H3. The normalized spacial score (nSPS) is 9.71. The highest BCUT2D eigenvalue weighted by atomic mass is 32.1. The Morgan fingerprint density at radius 1 is 1.59 bits per heavy atom. The van der Waals surface area contributed by atoms with Gasteiger partial charge in [0.1, 0.15) is 11.4 Å². The number of terminal acetylenes is 1. The molecule has 1 aromatic rings. The van der Waals surface area contributed by atoms with Gasteiger partial charge in [-0.1, -0.05) is 24.3 Å². The summed E-state index contributed by atoms with van der Waals surface area (Å²) in [6.45, 7) is 3.95. The Morgan fingerprint density at radius 2 is 2.29 bits per heavy atom. The van der Waals surface area contributed by atoms with E-state index in [0.717, 1.165) is 11.5 Å². The number of hydrogen-bond donors (Lipinski definition) is 0. The van der Waals surface area contributed by atoms with E-state index in [1.807, 2.05) is 19.9 Å². The topological polar surface area (TPSA) is 69.9 Å². The highest BCUT2D eigenvalue weighted by molar-refractivity contribution is 7.08. The molecule has 1 heterocycles. The molecule has 0 saturated carbocycles. The van der Waals surface area contributed by atoms with E-state index in [-0.39, 0.29) is 24.9 Å². The van der Waals surface area contributed by atoms with Crippen LogP contribution in [0.1, 0.15) is 35.1 Å². The lowest BCUT2D eigenvalue weighted by Gasteiger charge is -2.16. The van der Waals surface area contributed by atoms with Gasteiger partial charge in [0.15, 0.2) is 0 Å². The fraction of sp³-hybridized carbons (Fsp3) is 0.455. The van der Waals surface area contributed by atoms with Gasteiger partial charge in [0.25, 0.3) is 5.91 Å². The van der Waals surface area contributed by atoms with Gasteiger partial charge in [0.05, 0.1) is 18.3 Å². The number of carbonyl (C=O) groups is 1. The van der Waals surface area contributed by atoms with Crippen molar-refractivity contribution in [1.82, 2.24) is 14.5 Å². The summed E-state index contributed by atoms with van der Waals surface area (Å²) in [6.07, 6.45) is 5.17. The maximum absolute atomic E-state index is 12.1. The second-order valence-electron chi connectivity index (χ2n) is 3.67. The molecule has 0 unspecified atom stereocenters. The zero-order valence-corrected chi connectivity index (χ0v) is 10.5. The minimum absolute atomic E-state index is 0.0293. The summed E-state index contributed by atoms with van der Waals surface area (Å²) in [6, 6.07) is 1.92. The lowest BCUT2D eigenvalue weighted by atomic mass is 10.1. The predicted octanol–water partition coefficient (Wildman–Crippen LogP) is 1.26. The molecule has 0 aliphatic carbocycles. The van der Waals surface area contributed by atoms with Crippen LogP contribution in [-0.2, 0) is 0 Å². The molecule has 0 fully saturated rings. The number of rotatable bonds is 4. The van der Waals surface area contributed by atoms with Crippen molar-refractivity contribution in [3.8, 4) is 18.4 Å². The van der Waals surface area contributed by atoms with Crippen molar-refractivity contribution in [3.63, 3.8) is 0 Å². The van der Waals surface area contributed by atoms with Gasteiger partial charge < -0.3 is 4.90 Å². The van der Waals surface area contributed by atoms with Crippen LogP contribution in [0.25, 0.3) is 0 Å².